The minimum Gasteiger partial charge on any atom is -0.393 e. The minimum atomic E-state index is -0.762. The number of carbonyl (C=O) groups excluding carboxylic acids is 2. The lowest BCUT2D eigenvalue weighted by Gasteiger charge is -2.37. The molecular weight excluding hydrogens is 348 g/mol. The summed E-state index contributed by atoms with van der Waals surface area (Å²) in [7, 11) is 1.70. The van der Waals surface area contributed by atoms with Crippen LogP contribution < -0.4 is 10.6 Å². The summed E-state index contributed by atoms with van der Waals surface area (Å²) in [5, 5.41) is 25.8. The molecule has 1 aliphatic carbocycles. The molecule has 0 spiro atoms. The Morgan fingerprint density at radius 1 is 1.19 bits per heavy atom. The van der Waals surface area contributed by atoms with E-state index in [1.165, 1.54) is 0 Å². The highest BCUT2D eigenvalue weighted by Gasteiger charge is 2.36. The Morgan fingerprint density at radius 3 is 2.59 bits per heavy atom. The number of aliphatic hydroxyl groups excluding tert-OH is 2. The molecule has 0 bridgehead atoms. The molecule has 27 heavy (non-hydrogen) atoms. The number of hydrogen-bond donors (Lipinski definition) is 4. The summed E-state index contributed by atoms with van der Waals surface area (Å²) in [6, 6.07) is 2.99. The summed E-state index contributed by atoms with van der Waals surface area (Å²) >= 11 is 0. The topological polar surface area (TPSA) is 115 Å². The van der Waals surface area contributed by atoms with Crippen LogP contribution >= 0.6 is 0 Å². The number of anilines is 1. The lowest BCUT2D eigenvalue weighted by Crippen LogP contribution is -2.50. The van der Waals surface area contributed by atoms with Crippen LogP contribution in [-0.4, -0.2) is 70.3 Å². The van der Waals surface area contributed by atoms with E-state index in [0.29, 0.717) is 56.6 Å². The van der Waals surface area contributed by atoms with Gasteiger partial charge in [-0.25, -0.2) is 4.98 Å². The van der Waals surface area contributed by atoms with Crippen LogP contribution in [0.5, 0.6) is 0 Å². The summed E-state index contributed by atoms with van der Waals surface area (Å²) in [5.74, 6) is 0.0250. The second-order valence-electron chi connectivity index (χ2n) is 7.36. The number of piperidine rings is 1. The molecule has 8 heteroatoms. The SMILES string of the molecule is CNc1ncccc1C(=O)N[C@H]1CC[C@H](C(=O)N2CCC(O)CC2)C[C@@H]1O. The fraction of sp³-hybridized carbons (Fsp3) is 0.632. The first-order chi connectivity index (χ1) is 13.0. The van der Waals surface area contributed by atoms with Gasteiger partial charge in [-0.15, -0.1) is 0 Å². The van der Waals surface area contributed by atoms with Crippen molar-refractivity contribution in [2.75, 3.05) is 25.5 Å². The van der Waals surface area contributed by atoms with Gasteiger partial charge in [0.25, 0.3) is 5.91 Å². The van der Waals surface area contributed by atoms with Gasteiger partial charge in [-0.2, -0.15) is 0 Å². The molecule has 1 saturated heterocycles. The van der Waals surface area contributed by atoms with Crippen LogP contribution in [0.15, 0.2) is 18.3 Å². The number of pyridine rings is 1. The van der Waals surface area contributed by atoms with Crippen molar-refractivity contribution in [1.82, 2.24) is 15.2 Å². The molecule has 1 aliphatic heterocycles. The van der Waals surface area contributed by atoms with Gasteiger partial charge < -0.3 is 25.7 Å². The molecule has 2 amide bonds. The van der Waals surface area contributed by atoms with E-state index in [1.807, 2.05) is 0 Å². The number of carbonyl (C=O) groups is 2. The van der Waals surface area contributed by atoms with E-state index < -0.39 is 6.10 Å². The smallest absolute Gasteiger partial charge is 0.255 e. The van der Waals surface area contributed by atoms with E-state index in [-0.39, 0.29) is 29.9 Å². The maximum Gasteiger partial charge on any atom is 0.255 e. The highest BCUT2D eigenvalue weighted by molar-refractivity contribution is 5.98. The van der Waals surface area contributed by atoms with Gasteiger partial charge in [-0.1, -0.05) is 0 Å². The molecule has 0 unspecified atom stereocenters. The molecule has 2 heterocycles. The number of aliphatic hydroxyl groups is 2. The average Bonchev–Trinajstić information content (AvgIpc) is 2.69. The molecule has 3 rings (SSSR count). The summed E-state index contributed by atoms with van der Waals surface area (Å²) in [6.07, 6.45) is 3.27. The molecule has 148 valence electrons. The van der Waals surface area contributed by atoms with Crippen molar-refractivity contribution in [3.05, 3.63) is 23.9 Å². The van der Waals surface area contributed by atoms with Crippen LogP contribution in [0.25, 0.3) is 0 Å². The van der Waals surface area contributed by atoms with E-state index in [2.05, 4.69) is 15.6 Å². The highest BCUT2D eigenvalue weighted by atomic mass is 16.3. The van der Waals surface area contributed by atoms with Crippen molar-refractivity contribution < 1.29 is 19.8 Å². The van der Waals surface area contributed by atoms with Crippen LogP contribution in [0, 0.1) is 5.92 Å². The van der Waals surface area contributed by atoms with E-state index in [1.54, 1.807) is 30.3 Å². The Kier molecular flexibility index (Phi) is 6.28. The second kappa shape index (κ2) is 8.67. The largest absolute Gasteiger partial charge is 0.393 e. The lowest BCUT2D eigenvalue weighted by atomic mass is 9.82. The van der Waals surface area contributed by atoms with Crippen LogP contribution in [-0.2, 0) is 4.79 Å². The number of likely N-dealkylation sites (tertiary alicyclic amines) is 1. The maximum absolute atomic E-state index is 12.7. The Hall–Kier alpha value is -2.19. The molecule has 1 aromatic heterocycles. The predicted octanol–water partition coefficient (Wildman–Crippen LogP) is 0.366. The van der Waals surface area contributed by atoms with E-state index >= 15 is 0 Å². The first-order valence-corrected chi connectivity index (χ1v) is 9.58. The monoisotopic (exact) mass is 376 g/mol. The van der Waals surface area contributed by atoms with E-state index in [9.17, 15) is 19.8 Å². The summed E-state index contributed by atoms with van der Waals surface area (Å²) in [5.41, 5.74) is 0.428. The zero-order chi connectivity index (χ0) is 19.4. The van der Waals surface area contributed by atoms with Crippen molar-refractivity contribution in [3.8, 4) is 0 Å². The van der Waals surface area contributed by atoms with Crippen molar-refractivity contribution in [3.63, 3.8) is 0 Å². The number of nitrogens with zero attached hydrogens (tertiary/aromatic N) is 2. The lowest BCUT2D eigenvalue weighted by molar-refractivity contribution is -0.140. The maximum atomic E-state index is 12.7. The molecule has 1 aromatic rings. The molecule has 2 aliphatic rings. The number of rotatable bonds is 4. The first kappa shape index (κ1) is 19.6. The quantitative estimate of drug-likeness (QED) is 0.603. The number of aromatic nitrogens is 1. The molecule has 0 radical (unpaired) electrons. The molecule has 0 aromatic carbocycles. The normalized spacial score (nSPS) is 26.5. The first-order valence-electron chi connectivity index (χ1n) is 9.58. The molecule has 1 saturated carbocycles. The summed E-state index contributed by atoms with van der Waals surface area (Å²) in [6.45, 7) is 1.14. The summed E-state index contributed by atoms with van der Waals surface area (Å²) in [4.78, 5) is 31.1. The average molecular weight is 376 g/mol. The molecule has 2 fully saturated rings. The Balaban J connectivity index is 1.55. The summed E-state index contributed by atoms with van der Waals surface area (Å²) < 4.78 is 0. The number of nitrogens with one attached hydrogen (secondary N) is 2. The van der Waals surface area contributed by atoms with Gasteiger partial charge in [-0.05, 0) is 44.2 Å². The third kappa shape index (κ3) is 4.56. The fourth-order valence-corrected chi connectivity index (χ4v) is 3.92. The molecule has 8 nitrogen and oxygen atoms in total. The Morgan fingerprint density at radius 2 is 1.93 bits per heavy atom. The standard InChI is InChI=1S/C19H28N4O4/c1-20-17-14(3-2-8-21-17)18(26)22-15-5-4-12(11-16(15)25)19(27)23-9-6-13(24)7-10-23/h2-3,8,12-13,15-16,24-25H,4-7,9-11H2,1H3,(H,20,21)(H,22,26)/t12-,15-,16-/m0/s1. The van der Waals surface area contributed by atoms with Crippen molar-refractivity contribution >= 4 is 17.6 Å². The van der Waals surface area contributed by atoms with Gasteiger partial charge in [0, 0.05) is 32.3 Å². The molecular formula is C19H28N4O4. The number of amides is 2. The highest BCUT2D eigenvalue weighted by Crippen LogP contribution is 2.28. The fourth-order valence-electron chi connectivity index (χ4n) is 3.92. The van der Waals surface area contributed by atoms with Gasteiger partial charge in [-0.3, -0.25) is 9.59 Å². The Labute approximate surface area is 159 Å². The van der Waals surface area contributed by atoms with Gasteiger partial charge >= 0.3 is 0 Å². The van der Waals surface area contributed by atoms with Crippen LogP contribution in [0.4, 0.5) is 5.82 Å². The van der Waals surface area contributed by atoms with Gasteiger partial charge in [0.05, 0.1) is 23.8 Å². The van der Waals surface area contributed by atoms with Crippen LogP contribution in [0.2, 0.25) is 0 Å². The zero-order valence-corrected chi connectivity index (χ0v) is 15.6. The molecule has 4 N–H and O–H groups in total. The van der Waals surface area contributed by atoms with Gasteiger partial charge in [0.1, 0.15) is 5.82 Å². The minimum absolute atomic E-state index is 0.0513. The predicted molar refractivity (Wildman–Crippen MR) is 100 cm³/mol. The van der Waals surface area contributed by atoms with Crippen molar-refractivity contribution in [1.29, 1.82) is 0 Å². The number of hydrogen-bond acceptors (Lipinski definition) is 6. The van der Waals surface area contributed by atoms with E-state index in [0.717, 1.165) is 0 Å². The van der Waals surface area contributed by atoms with Gasteiger partial charge in [0.2, 0.25) is 5.91 Å². The second-order valence-corrected chi connectivity index (χ2v) is 7.36. The third-order valence-electron chi connectivity index (χ3n) is 5.55. The van der Waals surface area contributed by atoms with Crippen LogP contribution in [0.3, 0.4) is 0 Å². The van der Waals surface area contributed by atoms with Crippen molar-refractivity contribution in [2.45, 2.75) is 50.4 Å². The zero-order valence-electron chi connectivity index (χ0n) is 15.6. The van der Waals surface area contributed by atoms with Crippen molar-refractivity contribution in [2.24, 2.45) is 5.92 Å². The third-order valence-corrected chi connectivity index (χ3v) is 5.55. The van der Waals surface area contributed by atoms with Gasteiger partial charge in [0.15, 0.2) is 0 Å². The molecule has 3 atom stereocenters. The van der Waals surface area contributed by atoms with E-state index in [4.69, 9.17) is 0 Å². The van der Waals surface area contributed by atoms with Crippen LogP contribution in [0.1, 0.15) is 42.5 Å². The Bertz CT molecular complexity index is 675.